The van der Waals surface area contributed by atoms with E-state index >= 15 is 0 Å². The van der Waals surface area contributed by atoms with Crippen molar-refractivity contribution in [1.82, 2.24) is 9.55 Å². The molecule has 2 heterocycles. The second kappa shape index (κ2) is 5.55. The maximum atomic E-state index is 12.5. The van der Waals surface area contributed by atoms with Crippen LogP contribution >= 0.6 is 0 Å². The molecule has 0 unspecified atom stereocenters. The van der Waals surface area contributed by atoms with Crippen molar-refractivity contribution in [1.29, 1.82) is 0 Å². The molecule has 6 heteroatoms. The first kappa shape index (κ1) is 13.6. The normalized spacial score (nSPS) is 13.9. The summed E-state index contributed by atoms with van der Waals surface area (Å²) >= 11 is 0. The van der Waals surface area contributed by atoms with Crippen LogP contribution in [0.5, 0.6) is 5.75 Å². The van der Waals surface area contributed by atoms with E-state index in [1.165, 1.54) is 0 Å². The number of fused-ring (bicyclic) bond motifs is 2. The summed E-state index contributed by atoms with van der Waals surface area (Å²) in [5.74, 6) is 0.434. The Morgan fingerprint density at radius 2 is 2.24 bits per heavy atom. The second-order valence-electron chi connectivity index (χ2n) is 5.11. The average molecular weight is 288 g/mol. The zero-order valence-corrected chi connectivity index (χ0v) is 11.5. The standard InChI is InChI=1S/C15H16N2O4/c18-14(19)6-8-21-10-4-5-12-11(9-10)15(20)17-7-2-1-3-13(17)16-12/h4-5,9H,1-3,6-8H2,(H,18,19). The highest BCUT2D eigenvalue weighted by atomic mass is 16.5. The van der Waals surface area contributed by atoms with Gasteiger partial charge in [-0.25, -0.2) is 4.98 Å². The highest BCUT2D eigenvalue weighted by Crippen LogP contribution is 2.19. The van der Waals surface area contributed by atoms with Crippen LogP contribution in [-0.2, 0) is 17.8 Å². The second-order valence-corrected chi connectivity index (χ2v) is 5.11. The van der Waals surface area contributed by atoms with Crippen molar-refractivity contribution in [3.05, 3.63) is 34.4 Å². The van der Waals surface area contributed by atoms with Gasteiger partial charge in [0, 0.05) is 13.0 Å². The predicted molar refractivity (Wildman–Crippen MR) is 76.7 cm³/mol. The lowest BCUT2D eigenvalue weighted by molar-refractivity contribution is -0.137. The number of carbonyl (C=O) groups is 1. The van der Waals surface area contributed by atoms with Crippen LogP contribution in [0.25, 0.3) is 10.9 Å². The molecule has 0 saturated carbocycles. The third-order valence-electron chi connectivity index (χ3n) is 3.62. The van der Waals surface area contributed by atoms with E-state index in [4.69, 9.17) is 9.84 Å². The molecular weight excluding hydrogens is 272 g/mol. The number of aromatic nitrogens is 2. The van der Waals surface area contributed by atoms with Gasteiger partial charge in [0.05, 0.1) is 23.9 Å². The minimum Gasteiger partial charge on any atom is -0.493 e. The Morgan fingerprint density at radius 3 is 3.05 bits per heavy atom. The third kappa shape index (κ3) is 2.74. The minimum absolute atomic E-state index is 0.0432. The largest absolute Gasteiger partial charge is 0.493 e. The molecular formula is C15H16N2O4. The number of rotatable bonds is 4. The maximum absolute atomic E-state index is 12.5. The van der Waals surface area contributed by atoms with Gasteiger partial charge < -0.3 is 9.84 Å². The number of aryl methyl sites for hydroxylation is 1. The first-order valence-electron chi connectivity index (χ1n) is 7.03. The van der Waals surface area contributed by atoms with Gasteiger partial charge in [0.1, 0.15) is 11.6 Å². The van der Waals surface area contributed by atoms with Gasteiger partial charge in [-0.2, -0.15) is 0 Å². The van der Waals surface area contributed by atoms with E-state index in [0.29, 0.717) is 23.2 Å². The van der Waals surface area contributed by atoms with Crippen molar-refractivity contribution in [2.75, 3.05) is 6.61 Å². The highest BCUT2D eigenvalue weighted by molar-refractivity contribution is 5.79. The lowest BCUT2D eigenvalue weighted by Crippen LogP contribution is -2.28. The molecule has 1 aromatic heterocycles. The van der Waals surface area contributed by atoms with Crippen LogP contribution in [0.3, 0.4) is 0 Å². The van der Waals surface area contributed by atoms with Crippen LogP contribution in [0.15, 0.2) is 23.0 Å². The van der Waals surface area contributed by atoms with Crippen LogP contribution in [0.4, 0.5) is 0 Å². The Hall–Kier alpha value is -2.37. The van der Waals surface area contributed by atoms with E-state index in [1.807, 2.05) is 0 Å². The van der Waals surface area contributed by atoms with Crippen LogP contribution in [0.1, 0.15) is 25.1 Å². The van der Waals surface area contributed by atoms with E-state index in [1.54, 1.807) is 22.8 Å². The Labute approximate surface area is 121 Å². The fourth-order valence-corrected chi connectivity index (χ4v) is 2.57. The number of aliphatic carboxylic acids is 1. The number of carboxylic acid groups (broad SMARTS) is 1. The average Bonchev–Trinajstić information content (AvgIpc) is 2.48. The Bertz CT molecular complexity index is 751. The first-order chi connectivity index (χ1) is 10.1. The first-order valence-corrected chi connectivity index (χ1v) is 7.03. The van der Waals surface area contributed by atoms with Crippen LogP contribution in [0, 0.1) is 0 Å². The maximum Gasteiger partial charge on any atom is 0.306 e. The summed E-state index contributed by atoms with van der Waals surface area (Å²) in [5.41, 5.74) is 0.622. The molecule has 0 saturated heterocycles. The summed E-state index contributed by atoms with van der Waals surface area (Å²) in [5, 5.41) is 9.12. The van der Waals surface area contributed by atoms with E-state index in [2.05, 4.69) is 4.98 Å². The van der Waals surface area contributed by atoms with Gasteiger partial charge in [0.15, 0.2) is 0 Å². The summed E-state index contributed by atoms with van der Waals surface area (Å²) in [7, 11) is 0. The van der Waals surface area contributed by atoms with Crippen molar-refractivity contribution < 1.29 is 14.6 Å². The van der Waals surface area contributed by atoms with E-state index in [9.17, 15) is 9.59 Å². The molecule has 0 radical (unpaired) electrons. The molecule has 1 aliphatic heterocycles. The van der Waals surface area contributed by atoms with Crippen molar-refractivity contribution in [3.8, 4) is 5.75 Å². The fourth-order valence-electron chi connectivity index (χ4n) is 2.57. The topological polar surface area (TPSA) is 81.4 Å². The predicted octanol–water partition coefficient (Wildman–Crippen LogP) is 1.59. The molecule has 0 bridgehead atoms. The number of nitrogens with zero attached hydrogens (tertiary/aromatic N) is 2. The molecule has 0 spiro atoms. The summed E-state index contributed by atoms with van der Waals surface area (Å²) in [6.07, 6.45) is 2.82. The lowest BCUT2D eigenvalue weighted by Gasteiger charge is -2.17. The fraction of sp³-hybridized carbons (Fsp3) is 0.400. The smallest absolute Gasteiger partial charge is 0.306 e. The van der Waals surface area contributed by atoms with Crippen molar-refractivity contribution in [2.24, 2.45) is 0 Å². The number of benzene rings is 1. The van der Waals surface area contributed by atoms with Crippen molar-refractivity contribution >= 4 is 16.9 Å². The molecule has 0 amide bonds. The molecule has 2 aromatic rings. The molecule has 3 rings (SSSR count). The molecule has 1 aromatic carbocycles. The number of ether oxygens (including phenoxy) is 1. The van der Waals surface area contributed by atoms with Gasteiger partial charge in [-0.05, 0) is 31.0 Å². The van der Waals surface area contributed by atoms with Gasteiger partial charge >= 0.3 is 5.97 Å². The summed E-state index contributed by atoms with van der Waals surface area (Å²) in [6, 6.07) is 5.12. The lowest BCUT2D eigenvalue weighted by atomic mass is 10.1. The zero-order valence-electron chi connectivity index (χ0n) is 11.5. The van der Waals surface area contributed by atoms with Crippen LogP contribution in [0.2, 0.25) is 0 Å². The molecule has 1 aliphatic rings. The zero-order chi connectivity index (χ0) is 14.8. The quantitative estimate of drug-likeness (QED) is 0.923. The minimum atomic E-state index is -0.911. The van der Waals surface area contributed by atoms with E-state index in [0.717, 1.165) is 25.1 Å². The van der Waals surface area contributed by atoms with Crippen molar-refractivity contribution in [2.45, 2.75) is 32.2 Å². The Balaban J connectivity index is 1.95. The molecule has 6 nitrogen and oxygen atoms in total. The van der Waals surface area contributed by atoms with Crippen molar-refractivity contribution in [3.63, 3.8) is 0 Å². The SMILES string of the molecule is O=C(O)CCOc1ccc2nc3n(c(=O)c2c1)CCCC3. The van der Waals surface area contributed by atoms with Gasteiger partial charge in [-0.1, -0.05) is 0 Å². The van der Waals surface area contributed by atoms with Crippen LogP contribution < -0.4 is 10.3 Å². The van der Waals surface area contributed by atoms with Gasteiger partial charge in [-0.15, -0.1) is 0 Å². The Morgan fingerprint density at radius 1 is 1.38 bits per heavy atom. The Kier molecular flexibility index (Phi) is 3.60. The molecule has 0 atom stereocenters. The highest BCUT2D eigenvalue weighted by Gasteiger charge is 2.15. The monoisotopic (exact) mass is 288 g/mol. The van der Waals surface area contributed by atoms with Gasteiger partial charge in [0.25, 0.3) is 5.56 Å². The molecule has 110 valence electrons. The number of hydrogen-bond acceptors (Lipinski definition) is 4. The molecule has 0 aliphatic carbocycles. The van der Waals surface area contributed by atoms with E-state index in [-0.39, 0.29) is 18.6 Å². The van der Waals surface area contributed by atoms with Gasteiger partial charge in [0.2, 0.25) is 0 Å². The molecule has 0 fully saturated rings. The number of carboxylic acids is 1. The summed E-state index contributed by atoms with van der Waals surface area (Å²) in [6.45, 7) is 0.793. The van der Waals surface area contributed by atoms with Crippen LogP contribution in [-0.4, -0.2) is 27.2 Å². The molecule has 1 N–H and O–H groups in total. The van der Waals surface area contributed by atoms with Gasteiger partial charge in [-0.3, -0.25) is 14.2 Å². The number of hydrogen-bond donors (Lipinski definition) is 1. The summed E-state index contributed by atoms with van der Waals surface area (Å²) in [4.78, 5) is 27.5. The molecule has 21 heavy (non-hydrogen) atoms. The third-order valence-corrected chi connectivity index (χ3v) is 3.62. The van der Waals surface area contributed by atoms with E-state index < -0.39 is 5.97 Å². The summed E-state index contributed by atoms with van der Waals surface area (Å²) < 4.78 is 7.10.